The van der Waals surface area contributed by atoms with Gasteiger partial charge in [-0.1, -0.05) is 375 Å². The number of nitrogens with one attached hydrogen (secondary N) is 2. The van der Waals surface area contributed by atoms with E-state index < -0.39 is 5.60 Å². The molecule has 8 aliphatic rings. The van der Waals surface area contributed by atoms with Crippen molar-refractivity contribution in [2.45, 2.75) is 466 Å². The maximum absolute atomic E-state index is 9.90. The first-order chi connectivity index (χ1) is 57.0. The summed E-state index contributed by atoms with van der Waals surface area (Å²) in [6, 6.07) is 0. The van der Waals surface area contributed by atoms with Crippen molar-refractivity contribution in [3.8, 4) is 0 Å². The Morgan fingerprint density at radius 1 is 0.350 bits per heavy atom. The molecule has 1 aliphatic carbocycles. The van der Waals surface area contributed by atoms with Crippen LogP contribution in [-0.4, -0.2) is 202 Å². The molecule has 0 unspecified atom stereocenters. The van der Waals surface area contributed by atoms with Gasteiger partial charge in [0.05, 0.1) is 5.60 Å². The van der Waals surface area contributed by atoms with E-state index in [-0.39, 0.29) is 5.41 Å². The van der Waals surface area contributed by atoms with E-state index in [4.69, 9.17) is 0 Å². The van der Waals surface area contributed by atoms with Crippen LogP contribution in [-0.2, 0) is 0 Å². The molecule has 7 fully saturated rings. The summed E-state index contributed by atoms with van der Waals surface area (Å²) in [5.41, 5.74) is 6.75. The third kappa shape index (κ3) is 64.4. The first-order valence-corrected chi connectivity index (χ1v) is 53.6. The summed E-state index contributed by atoms with van der Waals surface area (Å²) in [5, 5.41) is 16.8. The van der Waals surface area contributed by atoms with E-state index in [2.05, 4.69) is 293 Å². The molecule has 0 atom stereocenters. The minimum absolute atomic E-state index is 0.166. The molecule has 1 saturated carbocycles. The summed E-state index contributed by atoms with van der Waals surface area (Å²) >= 11 is 0. The summed E-state index contributed by atoms with van der Waals surface area (Å²) in [7, 11) is 0. The van der Waals surface area contributed by atoms with E-state index in [9.17, 15) is 5.11 Å². The number of likely N-dealkylation sites (tertiary alicyclic amines) is 6. The lowest BCUT2D eigenvalue weighted by Crippen LogP contribution is -2.52. The highest BCUT2D eigenvalue weighted by Gasteiger charge is 2.39. The van der Waals surface area contributed by atoms with E-state index in [0.29, 0.717) is 43.3 Å². The SMILES string of the molecule is C=C(NCCNCCCCCCCC)C(C)(C)C.CC(C)(C)C1CCC1.CC(C)(C)CCCCCCCN1CCC(C)(O)CC1.CC1=CCN(CCCCCCCC(C)(C)C)CC1.CCCCCCN1CC(C(C)(C)C)C1.CCCCCN1CC(C(C)(C)C)C1.CCCCN1CC(C(C)(C)C)C1.CCCN1CC(C(C)(C)C)C1.CCN1CC(C(C)(C)C)C1. The molecule has 7 aliphatic heterocycles. The molecule has 123 heavy (non-hydrogen) atoms. The van der Waals surface area contributed by atoms with Crippen LogP contribution >= 0.6 is 0 Å². The minimum atomic E-state index is -0.399. The van der Waals surface area contributed by atoms with Crippen molar-refractivity contribution >= 4 is 0 Å². The Hall–Kier alpha value is -1.08. The lowest BCUT2D eigenvalue weighted by Gasteiger charge is -2.46. The highest BCUT2D eigenvalue weighted by molar-refractivity contribution is 5.04. The standard InChI is InChI=1S/C17H35NO.C17H33N.C16H34N2.C13H27N.C12H25N.C11H23N.C10H21N.C9H19N.C8H16/c1-16(2,3)10-8-6-5-7-9-13-18-14-11-17(4,19)12-15-18;1-16-10-14-18(15-11-16)13-9-7-5-6-8-12-17(2,3)4;1-6-7-8-9-10-11-12-17-13-14-18-15(2)16(3,4)5;1-5-6-7-8-9-14-10-12(11-14)13(2,3)4;1-5-6-7-8-13-9-11(10-13)12(2,3)4;1-5-6-7-12-8-10(9-12)11(2,3)4;1-5-6-11-7-9(8-11)10(2,3)4;1-5-10-6-8(7-10)9(2,3)4;1-8(2,3)7-5-4-6-7/h19H,5-15H2,1-4H3;10H,5-9,11-15H2,1-4H3;17-18H,2,6-14H2,1,3-5H3;12H,5-11H2,1-4H3;11H,5-10H2,1-4H3;10H,5-9H2,1-4H3;9H,5-8H2,1-4H3;8H,5-7H2,1-4H3;7H,4-6H2,1-3H3. The predicted molar refractivity (Wildman–Crippen MR) is 557 cm³/mol. The first kappa shape index (κ1) is 122. The Bertz CT molecular complexity index is 2480. The zero-order valence-corrected chi connectivity index (χ0v) is 91.3. The molecule has 0 spiro atoms. The maximum atomic E-state index is 9.90. The van der Waals surface area contributed by atoms with Crippen molar-refractivity contribution in [1.29, 1.82) is 0 Å². The lowest BCUT2D eigenvalue weighted by molar-refractivity contribution is -0.00556. The summed E-state index contributed by atoms with van der Waals surface area (Å²) in [6.07, 6.45) is 48.6. The molecule has 0 bridgehead atoms. The smallest absolute Gasteiger partial charge is 0.0644 e. The Morgan fingerprint density at radius 3 is 0.976 bits per heavy atom. The number of hydrogen-bond donors (Lipinski definition) is 3. The first-order valence-electron chi connectivity index (χ1n) is 53.6. The number of aliphatic hydroxyl groups is 1. The largest absolute Gasteiger partial charge is 0.390 e. The van der Waals surface area contributed by atoms with Gasteiger partial charge in [0, 0.05) is 116 Å². The zero-order chi connectivity index (χ0) is 93.8. The summed E-state index contributed by atoms with van der Waals surface area (Å²) in [5.74, 6) is 5.72. The normalized spacial score (nSPS) is 19.2. The van der Waals surface area contributed by atoms with E-state index in [0.717, 1.165) is 86.8 Å². The molecule has 6 saturated heterocycles. The zero-order valence-electron chi connectivity index (χ0n) is 91.3. The molecule has 0 aromatic carbocycles. The van der Waals surface area contributed by atoms with E-state index in [1.165, 1.54) is 330 Å². The summed E-state index contributed by atoms with van der Waals surface area (Å²) < 4.78 is 0. The van der Waals surface area contributed by atoms with Gasteiger partial charge in [0.1, 0.15) is 0 Å². The number of nitrogens with zero attached hydrogens (tertiary/aromatic N) is 7. The van der Waals surface area contributed by atoms with Crippen LogP contribution in [0.3, 0.4) is 0 Å². The highest BCUT2D eigenvalue weighted by atomic mass is 16.3. The predicted octanol–water partition coefficient (Wildman–Crippen LogP) is 30.0. The van der Waals surface area contributed by atoms with Crippen LogP contribution in [0.15, 0.2) is 23.9 Å². The minimum Gasteiger partial charge on any atom is -0.390 e. The fourth-order valence-corrected chi connectivity index (χ4v) is 16.9. The van der Waals surface area contributed by atoms with Crippen LogP contribution in [0.1, 0.15) is 461 Å². The van der Waals surface area contributed by atoms with E-state index in [1.807, 2.05) is 6.92 Å². The van der Waals surface area contributed by atoms with Gasteiger partial charge in [0.15, 0.2) is 0 Å². The molecular formula is C113H233N9O. The second kappa shape index (κ2) is 63.9. The van der Waals surface area contributed by atoms with Crippen LogP contribution in [0, 0.1) is 84.2 Å². The average Bonchev–Trinajstić information content (AvgIpc) is 0.845. The Kier molecular flexibility index (Phi) is 63.4. The van der Waals surface area contributed by atoms with E-state index in [1.54, 1.807) is 5.57 Å². The van der Waals surface area contributed by atoms with Crippen LogP contribution in [0.5, 0.6) is 0 Å². The monoisotopic (exact) mass is 1730 g/mol. The van der Waals surface area contributed by atoms with Crippen molar-refractivity contribution < 1.29 is 5.11 Å². The number of allylic oxidation sites excluding steroid dienone is 1. The van der Waals surface area contributed by atoms with Crippen molar-refractivity contribution in [3.63, 3.8) is 0 Å². The molecule has 0 radical (unpaired) electrons. The molecule has 736 valence electrons. The molecule has 8 rings (SSSR count). The van der Waals surface area contributed by atoms with Gasteiger partial charge in [-0.15, -0.1) is 0 Å². The molecule has 10 nitrogen and oxygen atoms in total. The van der Waals surface area contributed by atoms with Crippen LogP contribution < -0.4 is 10.6 Å². The van der Waals surface area contributed by atoms with Crippen molar-refractivity contribution in [1.82, 2.24) is 44.9 Å². The number of piperidine rings is 1. The van der Waals surface area contributed by atoms with Gasteiger partial charge in [-0.2, -0.15) is 0 Å². The molecule has 3 N–H and O–H groups in total. The van der Waals surface area contributed by atoms with E-state index >= 15 is 0 Å². The summed E-state index contributed by atoms with van der Waals surface area (Å²) in [4.78, 5) is 18.0. The second-order valence-corrected chi connectivity index (χ2v) is 51.1. The van der Waals surface area contributed by atoms with Crippen LogP contribution in [0.4, 0.5) is 0 Å². The quantitative estimate of drug-likeness (QED) is 0.0408. The Morgan fingerprint density at radius 2 is 0.659 bits per heavy atom. The summed E-state index contributed by atoms with van der Waals surface area (Å²) in [6.45, 7) is 115. The van der Waals surface area contributed by atoms with Gasteiger partial charge in [-0.25, -0.2) is 0 Å². The Balaban J connectivity index is 0.00000137. The van der Waals surface area contributed by atoms with Crippen LogP contribution in [0.2, 0.25) is 0 Å². The average molecular weight is 1730 g/mol. The van der Waals surface area contributed by atoms with Gasteiger partial charge in [-0.05, 0) is 235 Å². The third-order valence-corrected chi connectivity index (χ3v) is 29.0. The molecule has 7 heterocycles. The number of unbranched alkanes of at least 4 members (excludes halogenated alkanes) is 19. The van der Waals surface area contributed by atoms with Gasteiger partial charge in [-0.3, -0.25) is 4.90 Å². The highest BCUT2D eigenvalue weighted by Crippen LogP contribution is 2.42. The topological polar surface area (TPSA) is 67.0 Å². The molecule has 0 amide bonds. The van der Waals surface area contributed by atoms with Crippen molar-refractivity contribution in [2.24, 2.45) is 84.2 Å². The van der Waals surface area contributed by atoms with Crippen LogP contribution in [0.25, 0.3) is 0 Å². The van der Waals surface area contributed by atoms with Gasteiger partial charge in [0.25, 0.3) is 0 Å². The van der Waals surface area contributed by atoms with Gasteiger partial charge >= 0.3 is 0 Å². The lowest BCUT2D eigenvalue weighted by atomic mass is 9.69. The van der Waals surface area contributed by atoms with Crippen molar-refractivity contribution in [2.75, 3.05) is 157 Å². The second-order valence-electron chi connectivity index (χ2n) is 51.1. The van der Waals surface area contributed by atoms with Gasteiger partial charge in [0.2, 0.25) is 0 Å². The fourth-order valence-electron chi connectivity index (χ4n) is 16.9. The third-order valence-electron chi connectivity index (χ3n) is 29.0. The molecule has 10 heteroatoms. The van der Waals surface area contributed by atoms with Gasteiger partial charge < -0.3 is 45.1 Å². The molecule has 0 aromatic heterocycles. The number of hydrogen-bond acceptors (Lipinski definition) is 10. The molecular weight excluding hydrogens is 1500 g/mol. The maximum Gasteiger partial charge on any atom is 0.0644 e. The fraction of sp³-hybridized carbons (Fsp3) is 0.965. The Labute approximate surface area is 776 Å². The number of rotatable bonds is 40. The molecule has 0 aromatic rings. The van der Waals surface area contributed by atoms with Crippen molar-refractivity contribution in [3.05, 3.63) is 23.9 Å².